The largest absolute Gasteiger partial charge is 1.00 e. The van der Waals surface area contributed by atoms with Crippen LogP contribution in [0.15, 0.2) is 158 Å². The number of benzene rings is 6. The van der Waals surface area contributed by atoms with Crippen LogP contribution in [0, 0.1) is 0 Å². The summed E-state index contributed by atoms with van der Waals surface area (Å²) in [5.41, 5.74) is 7.24. The van der Waals surface area contributed by atoms with Crippen molar-refractivity contribution >= 4 is 58.2 Å². The number of hydrogen-bond acceptors (Lipinski definition) is 14. The van der Waals surface area contributed by atoms with Crippen LogP contribution in [-0.2, 0) is 45.0 Å². The van der Waals surface area contributed by atoms with E-state index in [0.717, 1.165) is 39.1 Å². The number of phenolic OH excluding ortho intramolecular Hbond substituents is 2. The molecule has 0 radical (unpaired) electrons. The quantitative estimate of drug-likeness (QED) is 0.0320. The van der Waals surface area contributed by atoms with Gasteiger partial charge < -0.3 is 50.4 Å². The monoisotopic (exact) mass is 1170 g/mol. The fraction of sp³-hybridized carbons (Fsp3) is 0.267. The van der Waals surface area contributed by atoms with Crippen molar-refractivity contribution in [3.05, 3.63) is 191 Å². The van der Waals surface area contributed by atoms with Gasteiger partial charge >= 0.3 is 101 Å². The second kappa shape index (κ2) is 42.9. The molecule has 6 aromatic carbocycles. The van der Waals surface area contributed by atoms with Crippen molar-refractivity contribution in [3.8, 4) is 34.5 Å². The Morgan fingerprint density at radius 1 is 0.500 bits per heavy atom. The Kier molecular flexibility index (Phi) is 45.1. The summed E-state index contributed by atoms with van der Waals surface area (Å²) in [5.74, 6) is -0.103. The van der Waals surface area contributed by atoms with E-state index in [4.69, 9.17) is 52.5 Å². The molecule has 6 aromatic rings. The van der Waals surface area contributed by atoms with Gasteiger partial charge in [0.25, 0.3) is 0 Å². The number of allylic oxidation sites excluding steroid dienone is 1. The minimum Gasteiger partial charge on any atom is -0.872 e. The molecule has 0 aliphatic carbocycles. The number of phenols is 2. The number of aromatic hydroxyl groups is 2. The van der Waals surface area contributed by atoms with E-state index < -0.39 is 29.0 Å². The van der Waals surface area contributed by atoms with E-state index >= 15 is 0 Å². The molecule has 0 unspecified atom stereocenters. The van der Waals surface area contributed by atoms with Crippen molar-refractivity contribution in [2.75, 3.05) is 13.7 Å². The normalized spacial score (nSPS) is 9.71. The zero-order valence-electron chi connectivity index (χ0n) is 48.0. The maximum absolute atomic E-state index is 11.5. The second-order valence-corrected chi connectivity index (χ2v) is 19.1. The molecule has 6 rings (SSSR count). The third-order valence-corrected chi connectivity index (χ3v) is 11.0. The smallest absolute Gasteiger partial charge is 0.872 e. The summed E-state index contributed by atoms with van der Waals surface area (Å²) in [4.78, 5) is 59.0. The zero-order chi connectivity index (χ0) is 58.4. The average Bonchev–Trinajstić information content (AvgIpc) is 3.35. The van der Waals surface area contributed by atoms with Crippen molar-refractivity contribution in [2.45, 2.75) is 91.4 Å². The molecule has 0 saturated carbocycles. The Bertz CT molecular complexity index is 2530. The van der Waals surface area contributed by atoms with Gasteiger partial charge in [0.2, 0.25) is 10.5 Å². The van der Waals surface area contributed by atoms with Crippen LogP contribution < -0.4 is 108 Å². The Morgan fingerprint density at radius 3 is 0.925 bits per heavy atom. The number of carboxylic acid groups (broad SMARTS) is 1. The Labute approximate surface area is 546 Å². The topological polar surface area (TPSA) is 278 Å². The van der Waals surface area contributed by atoms with Crippen molar-refractivity contribution in [1.82, 2.24) is 0 Å². The molecule has 416 valence electrons. The van der Waals surface area contributed by atoms with Gasteiger partial charge in [0, 0.05) is 16.2 Å². The minimum absolute atomic E-state index is 0. The number of carboxylic acids is 1. The summed E-state index contributed by atoms with van der Waals surface area (Å²) < 4.78 is 10.3. The average molecular weight is 1170 g/mol. The van der Waals surface area contributed by atoms with E-state index in [1.165, 1.54) is 12.5 Å². The van der Waals surface area contributed by atoms with Gasteiger partial charge in [0.1, 0.15) is 48.6 Å². The van der Waals surface area contributed by atoms with Crippen molar-refractivity contribution in [2.24, 2.45) is 0 Å². The van der Waals surface area contributed by atoms with Crippen LogP contribution in [0.2, 0.25) is 0 Å². The Morgan fingerprint density at radius 2 is 0.725 bits per heavy atom. The van der Waals surface area contributed by atoms with Gasteiger partial charge in [-0.25, -0.2) is 4.79 Å². The van der Waals surface area contributed by atoms with Gasteiger partial charge in [-0.3, -0.25) is 19.2 Å². The van der Waals surface area contributed by atoms with Gasteiger partial charge in [-0.05, 0) is 126 Å². The first-order chi connectivity index (χ1) is 35.4. The summed E-state index contributed by atoms with van der Waals surface area (Å²) in [6.07, 6.45) is -0.595. The third-order valence-electron chi connectivity index (χ3n) is 10.8. The first-order valence-electron chi connectivity index (χ1n) is 23.2. The number of ketones is 1. The van der Waals surface area contributed by atoms with Crippen LogP contribution in [-0.4, -0.2) is 74.6 Å². The molecule has 5 N–H and O–H groups in total. The van der Waals surface area contributed by atoms with Crippen molar-refractivity contribution in [1.29, 1.82) is 0 Å². The Balaban J connectivity index is -0.000000301. The van der Waals surface area contributed by atoms with E-state index in [9.17, 15) is 39.6 Å². The number of methoxy groups -OCH3 is 1. The van der Waals surface area contributed by atoms with E-state index in [1.807, 2.05) is 106 Å². The molecule has 0 saturated heterocycles. The van der Waals surface area contributed by atoms with E-state index in [-0.39, 0.29) is 152 Å². The number of hydrogen-bond donors (Lipinski definition) is 4. The number of Topliss-reactive ketones (excluding diaryl/α,β-unsaturated/α-hetero) is 1. The molecule has 20 heteroatoms. The molecule has 15 nitrogen and oxygen atoms in total. The van der Waals surface area contributed by atoms with Gasteiger partial charge in [-0.1, -0.05) is 144 Å². The molecule has 0 fully saturated rings. The molecule has 0 spiro atoms. The molecule has 80 heavy (non-hydrogen) atoms. The summed E-state index contributed by atoms with van der Waals surface area (Å²) in [6, 6.07) is 43.4. The van der Waals surface area contributed by atoms with Crippen molar-refractivity contribution < 1.29 is 163 Å². The number of carbonyl (C=O) groups excluding carboxylic acids is 5. The van der Waals surface area contributed by atoms with Crippen molar-refractivity contribution in [3.63, 3.8) is 0 Å². The van der Waals surface area contributed by atoms with Crippen LogP contribution in [0.3, 0.4) is 0 Å². The molecular formula is C60H69Cl2Na3O15. The molecule has 0 bridgehead atoms. The number of halogens is 2. The molecule has 0 heterocycles. The Hall–Kier alpha value is -4.82. The van der Waals surface area contributed by atoms with E-state index in [0.29, 0.717) is 5.75 Å². The first-order valence-corrected chi connectivity index (χ1v) is 23.9. The predicted octanol–water partition coefficient (Wildman–Crippen LogP) is 1.69. The SMILES string of the molecule is C=C(C)C.C=O.CC(C)(c1ccc(O)cc1)c1ccc(O)cc1.CC(C)(c1ccc([O-])cc1)c1ccc([O-])cc1.COc1ccc(C(C)(C)c2ccc(OC(=O)CC(C)=O)cc2)cc1.O=C(Cl)CC(=O)Cl.O=C(O)CO.[Na+].[Na+].[Na+].[OH-]. The summed E-state index contributed by atoms with van der Waals surface area (Å²) in [7, 11) is 1.65. The molecule has 0 amide bonds. The predicted molar refractivity (Wildman–Crippen MR) is 295 cm³/mol. The van der Waals surface area contributed by atoms with Crippen LogP contribution in [0.5, 0.6) is 34.5 Å². The summed E-state index contributed by atoms with van der Waals surface area (Å²) in [5, 5.41) is 54.3. The van der Waals surface area contributed by atoms with Gasteiger partial charge in [0.15, 0.2) is 0 Å². The molecule has 0 aromatic heterocycles. The number of aliphatic hydroxyl groups is 1. The van der Waals surface area contributed by atoms with E-state index in [2.05, 4.69) is 48.1 Å². The van der Waals surface area contributed by atoms with Gasteiger partial charge in [0.05, 0.1) is 13.5 Å². The fourth-order valence-corrected chi connectivity index (χ4v) is 6.74. The standard InChI is InChI=1S/C20H22O4.2C15H16O2.C4H8.C3H2Cl2O2.C2H4O3.CH2O.3Na.H2O/c1-14(21)13-19(22)24-18-11-7-16(8-12-18)20(2,3)15-5-9-17(23-4)10-6-15;2*1-15(2,11-3-7-13(16)8-4-11)12-5-9-14(17)10-6-12;1-4(2)3;4-2(6)1-3(5)7;3-1-2(4)5;1-2;;;;/h5-12H,13H2,1-4H3;2*3-10,16-17H,1-2H3;1H2,2-3H3;1H2;3H,1H2,(H,4,5);1H2;;;;1H2/q;;;;;;;3*+1;/p-3. The van der Waals surface area contributed by atoms with Crippen LogP contribution in [0.4, 0.5) is 0 Å². The first kappa shape index (κ1) is 84.0. The number of aliphatic carboxylic acids is 1. The maximum atomic E-state index is 11.5. The minimum atomic E-state index is -1.19. The number of rotatable bonds is 13. The molecule has 0 atom stereocenters. The zero-order valence-corrected chi connectivity index (χ0v) is 55.5. The van der Waals surface area contributed by atoms with E-state index in [1.54, 1.807) is 67.8 Å². The summed E-state index contributed by atoms with van der Waals surface area (Å²) >= 11 is 9.46. The van der Waals surface area contributed by atoms with Crippen LogP contribution in [0.1, 0.15) is 109 Å². The number of ether oxygens (including phenoxy) is 2. The summed E-state index contributed by atoms with van der Waals surface area (Å²) in [6.45, 7) is 22.7. The number of aliphatic hydroxyl groups excluding tert-OH is 1. The maximum Gasteiger partial charge on any atom is 1.00 e. The van der Waals surface area contributed by atoms with Crippen LogP contribution in [0.25, 0.3) is 0 Å². The third kappa shape index (κ3) is 33.2. The number of carbonyl (C=O) groups is 6. The van der Waals surface area contributed by atoms with Gasteiger partial charge in [-0.2, -0.15) is 0 Å². The molecular weight excluding hydrogens is 1100 g/mol. The molecule has 0 aliphatic heterocycles. The fourth-order valence-electron chi connectivity index (χ4n) is 6.43. The number of esters is 1. The molecule has 0 aliphatic rings. The second-order valence-electron chi connectivity index (χ2n) is 18.3. The van der Waals surface area contributed by atoms with Crippen LogP contribution >= 0.6 is 23.2 Å². The van der Waals surface area contributed by atoms with Gasteiger partial charge in [-0.15, -0.1) is 18.1 Å².